The number of nitrogens with zero attached hydrogens (tertiary/aromatic N) is 4. The lowest BCUT2D eigenvalue weighted by Crippen LogP contribution is -2.23. The number of nitrogens with one attached hydrogen (secondary N) is 1. The predicted molar refractivity (Wildman–Crippen MR) is 122 cm³/mol. The lowest BCUT2D eigenvalue weighted by molar-refractivity contribution is 0.194. The summed E-state index contributed by atoms with van der Waals surface area (Å²) in [6.07, 6.45) is 3.62. The van der Waals surface area contributed by atoms with Crippen LogP contribution in [0.4, 0.5) is 9.18 Å². The van der Waals surface area contributed by atoms with E-state index in [-0.39, 0.29) is 12.3 Å². The van der Waals surface area contributed by atoms with E-state index in [1.165, 1.54) is 6.07 Å². The zero-order valence-electron chi connectivity index (χ0n) is 18.8. The fraction of sp³-hybridized carbons (Fsp3) is 0.292. The summed E-state index contributed by atoms with van der Waals surface area (Å²) in [5.74, 6) is -0.228. The van der Waals surface area contributed by atoms with E-state index < -0.39 is 11.9 Å². The van der Waals surface area contributed by atoms with Gasteiger partial charge in [0.15, 0.2) is 11.6 Å². The fourth-order valence-electron chi connectivity index (χ4n) is 3.99. The zero-order chi connectivity index (χ0) is 23.5. The number of imidazole rings is 1. The van der Waals surface area contributed by atoms with Crippen molar-refractivity contribution in [1.29, 1.82) is 0 Å². The van der Waals surface area contributed by atoms with E-state index >= 15 is 0 Å². The fourth-order valence-corrected chi connectivity index (χ4v) is 3.99. The third kappa shape index (κ3) is 4.67. The lowest BCUT2D eigenvalue weighted by atomic mass is 10.1. The van der Waals surface area contributed by atoms with Gasteiger partial charge in [-0.15, -0.1) is 0 Å². The molecule has 0 aliphatic rings. The number of amides is 1. The van der Waals surface area contributed by atoms with Crippen molar-refractivity contribution in [3.63, 3.8) is 0 Å². The number of hydrogen-bond acceptors (Lipinski definition) is 4. The molecular weight excluding hydrogens is 425 g/mol. The Labute approximate surface area is 190 Å². The van der Waals surface area contributed by atoms with E-state index in [0.717, 1.165) is 33.9 Å². The molecule has 0 spiro atoms. The van der Waals surface area contributed by atoms with Crippen molar-refractivity contribution in [2.75, 3.05) is 13.2 Å². The molecule has 2 N–H and O–H groups in total. The Kier molecular flexibility index (Phi) is 6.30. The van der Waals surface area contributed by atoms with Crippen LogP contribution in [0.5, 0.6) is 5.75 Å². The van der Waals surface area contributed by atoms with Gasteiger partial charge in [-0.1, -0.05) is 12.1 Å². The largest absolute Gasteiger partial charge is 0.490 e. The molecule has 0 atom stereocenters. The first-order valence-electron chi connectivity index (χ1n) is 10.7. The van der Waals surface area contributed by atoms with Crippen molar-refractivity contribution >= 4 is 11.7 Å². The number of pyridine rings is 1. The van der Waals surface area contributed by atoms with Crippen molar-refractivity contribution in [2.45, 2.75) is 26.7 Å². The number of benzene rings is 1. The molecular formula is C24H26FN5O3. The van der Waals surface area contributed by atoms with Gasteiger partial charge < -0.3 is 19.6 Å². The highest BCUT2D eigenvalue weighted by atomic mass is 19.1. The molecule has 172 valence electrons. The molecule has 1 amide bonds. The molecule has 4 rings (SSSR count). The van der Waals surface area contributed by atoms with Gasteiger partial charge in [-0.05, 0) is 37.6 Å². The van der Waals surface area contributed by atoms with Crippen LogP contribution in [0.3, 0.4) is 0 Å². The highest BCUT2D eigenvalue weighted by Crippen LogP contribution is 2.33. The van der Waals surface area contributed by atoms with Gasteiger partial charge in [0, 0.05) is 61.3 Å². The highest BCUT2D eigenvalue weighted by molar-refractivity contribution is 5.71. The lowest BCUT2D eigenvalue weighted by Gasteiger charge is -2.14. The molecule has 0 saturated heterocycles. The summed E-state index contributed by atoms with van der Waals surface area (Å²) in [6, 6.07) is 8.59. The van der Waals surface area contributed by atoms with Crippen LogP contribution >= 0.6 is 0 Å². The minimum absolute atomic E-state index is 0.199. The van der Waals surface area contributed by atoms with Gasteiger partial charge in [-0.2, -0.15) is 5.10 Å². The first-order chi connectivity index (χ1) is 15.8. The van der Waals surface area contributed by atoms with E-state index in [1.807, 2.05) is 54.4 Å². The van der Waals surface area contributed by atoms with Crippen LogP contribution in [0, 0.1) is 19.7 Å². The Morgan fingerprint density at radius 1 is 1.21 bits per heavy atom. The van der Waals surface area contributed by atoms with E-state index in [4.69, 9.17) is 9.84 Å². The van der Waals surface area contributed by atoms with Crippen LogP contribution in [0.25, 0.3) is 16.8 Å². The van der Waals surface area contributed by atoms with Crippen molar-refractivity contribution < 1.29 is 19.0 Å². The van der Waals surface area contributed by atoms with Crippen LogP contribution < -0.4 is 10.1 Å². The molecule has 8 nitrogen and oxygen atoms in total. The number of hydrogen-bond donors (Lipinski definition) is 2. The molecule has 0 fully saturated rings. The average Bonchev–Trinajstić information content (AvgIpc) is 3.29. The summed E-state index contributed by atoms with van der Waals surface area (Å²) >= 11 is 0. The number of aryl methyl sites for hydroxylation is 2. The maximum atomic E-state index is 14.8. The van der Waals surface area contributed by atoms with Gasteiger partial charge in [0.05, 0.1) is 12.3 Å². The second-order valence-corrected chi connectivity index (χ2v) is 7.87. The van der Waals surface area contributed by atoms with Crippen molar-refractivity contribution in [3.05, 3.63) is 71.2 Å². The van der Waals surface area contributed by atoms with Crippen LogP contribution in [-0.2, 0) is 19.9 Å². The molecule has 3 heterocycles. The normalized spacial score (nSPS) is 11.2. The Bertz CT molecular complexity index is 1310. The minimum Gasteiger partial charge on any atom is -0.490 e. The Morgan fingerprint density at radius 3 is 2.76 bits per heavy atom. The molecule has 0 bridgehead atoms. The topological polar surface area (TPSA) is 93.7 Å². The van der Waals surface area contributed by atoms with Crippen LogP contribution in [0.2, 0.25) is 0 Å². The van der Waals surface area contributed by atoms with Gasteiger partial charge in [-0.3, -0.25) is 4.68 Å². The number of carbonyl (C=O) groups is 1. The van der Waals surface area contributed by atoms with Crippen molar-refractivity contribution in [3.8, 4) is 16.9 Å². The summed E-state index contributed by atoms with van der Waals surface area (Å²) in [7, 11) is 1.90. The maximum Gasteiger partial charge on any atom is 0.404 e. The number of aromatic nitrogens is 4. The number of fused-ring (bicyclic) bond motifs is 1. The summed E-state index contributed by atoms with van der Waals surface area (Å²) in [5, 5.41) is 15.6. The van der Waals surface area contributed by atoms with Gasteiger partial charge in [0.25, 0.3) is 0 Å². The SMILES string of the molecule is Cc1nn(C)c(C)c1CCOc1c(F)cccc1-c1ccc2ncc(CCNC(=O)O)n2c1. The van der Waals surface area contributed by atoms with Gasteiger partial charge in [-0.25, -0.2) is 14.2 Å². The second-order valence-electron chi connectivity index (χ2n) is 7.87. The number of ether oxygens (including phenoxy) is 1. The van der Waals surface area contributed by atoms with Crippen LogP contribution in [0.15, 0.2) is 42.7 Å². The zero-order valence-corrected chi connectivity index (χ0v) is 18.8. The standard InChI is InChI=1S/C24H26FN5O3/c1-15-19(16(2)29(3)28-15)10-12-33-23-20(5-4-6-21(23)25)17-7-8-22-27-13-18(30(22)14-17)9-11-26-24(31)32/h4-8,13-14,26H,9-12H2,1-3H3,(H,31,32). The molecule has 0 saturated carbocycles. The van der Waals surface area contributed by atoms with Crippen molar-refractivity contribution in [1.82, 2.24) is 24.5 Å². The first kappa shape index (κ1) is 22.3. The molecule has 9 heteroatoms. The molecule has 4 aromatic rings. The number of carboxylic acid groups (broad SMARTS) is 1. The van der Waals surface area contributed by atoms with Crippen molar-refractivity contribution in [2.24, 2.45) is 7.05 Å². The van der Waals surface area contributed by atoms with E-state index in [2.05, 4.69) is 15.4 Å². The molecule has 0 unspecified atom stereocenters. The predicted octanol–water partition coefficient (Wildman–Crippen LogP) is 3.92. The summed E-state index contributed by atoms with van der Waals surface area (Å²) < 4.78 is 24.4. The number of para-hydroxylation sites is 1. The first-order valence-corrected chi connectivity index (χ1v) is 10.7. The molecule has 1 aromatic carbocycles. The molecule has 33 heavy (non-hydrogen) atoms. The van der Waals surface area contributed by atoms with Crippen LogP contribution in [0.1, 0.15) is 22.6 Å². The smallest absolute Gasteiger partial charge is 0.404 e. The second kappa shape index (κ2) is 9.32. The summed E-state index contributed by atoms with van der Waals surface area (Å²) in [5.41, 5.74) is 6.11. The Balaban J connectivity index is 1.58. The van der Waals surface area contributed by atoms with Gasteiger partial charge in [0.2, 0.25) is 0 Å². The van der Waals surface area contributed by atoms with E-state index in [9.17, 15) is 9.18 Å². The molecule has 0 aliphatic heterocycles. The third-order valence-electron chi connectivity index (χ3n) is 5.77. The molecule has 0 aliphatic carbocycles. The highest BCUT2D eigenvalue weighted by Gasteiger charge is 2.15. The Hall–Kier alpha value is -3.88. The molecule has 3 aromatic heterocycles. The monoisotopic (exact) mass is 451 g/mol. The maximum absolute atomic E-state index is 14.8. The summed E-state index contributed by atoms with van der Waals surface area (Å²) in [4.78, 5) is 15.1. The minimum atomic E-state index is -1.07. The van der Waals surface area contributed by atoms with Gasteiger partial charge in [0.1, 0.15) is 5.65 Å². The van der Waals surface area contributed by atoms with Crippen LogP contribution in [-0.4, -0.2) is 43.5 Å². The average molecular weight is 452 g/mol. The Morgan fingerprint density at radius 2 is 2.03 bits per heavy atom. The number of halogens is 1. The van der Waals surface area contributed by atoms with Gasteiger partial charge >= 0.3 is 6.09 Å². The quantitative estimate of drug-likeness (QED) is 0.424. The number of rotatable bonds is 8. The van der Waals surface area contributed by atoms with E-state index in [1.54, 1.807) is 12.3 Å². The van der Waals surface area contributed by atoms with E-state index in [0.29, 0.717) is 25.0 Å². The summed E-state index contributed by atoms with van der Waals surface area (Å²) in [6.45, 7) is 4.56. The third-order valence-corrected chi connectivity index (χ3v) is 5.77. The molecule has 0 radical (unpaired) electrons.